The highest BCUT2D eigenvalue weighted by molar-refractivity contribution is 5.94. The minimum absolute atomic E-state index is 0.00630. The molecule has 1 heterocycles. The van der Waals surface area contributed by atoms with Gasteiger partial charge < -0.3 is 10.4 Å². The highest BCUT2D eigenvalue weighted by atomic mass is 16.4. The van der Waals surface area contributed by atoms with E-state index in [0.717, 1.165) is 4.68 Å². The highest BCUT2D eigenvalue weighted by Gasteiger charge is 2.19. The molecular weight excluding hydrogens is 226 g/mol. The molecule has 1 aromatic rings. The molecule has 0 saturated heterocycles. The van der Waals surface area contributed by atoms with Crippen molar-refractivity contribution in [3.05, 3.63) is 28.2 Å². The summed E-state index contributed by atoms with van der Waals surface area (Å²) in [4.78, 5) is 33.4. The van der Waals surface area contributed by atoms with Gasteiger partial charge >= 0.3 is 5.97 Å². The third-order valence-corrected chi connectivity index (χ3v) is 2.20. The molecule has 0 fully saturated rings. The first-order valence-electron chi connectivity index (χ1n) is 5.03. The molecule has 0 aliphatic rings. The first kappa shape index (κ1) is 12.9. The van der Waals surface area contributed by atoms with Crippen molar-refractivity contribution in [2.24, 2.45) is 7.05 Å². The van der Waals surface area contributed by atoms with Gasteiger partial charge in [-0.15, -0.1) is 0 Å². The fourth-order valence-electron chi connectivity index (χ4n) is 1.19. The summed E-state index contributed by atoms with van der Waals surface area (Å²) in [5, 5.41) is 14.8. The van der Waals surface area contributed by atoms with Crippen LogP contribution in [0.4, 0.5) is 0 Å². The van der Waals surface area contributed by atoms with Gasteiger partial charge in [-0.25, -0.2) is 9.48 Å². The van der Waals surface area contributed by atoms with Crippen LogP contribution >= 0.6 is 0 Å². The number of nitrogens with zero attached hydrogens (tertiary/aromatic N) is 2. The fourth-order valence-corrected chi connectivity index (χ4v) is 1.19. The van der Waals surface area contributed by atoms with Gasteiger partial charge in [-0.2, -0.15) is 5.10 Å². The quantitative estimate of drug-likeness (QED) is 0.728. The number of aryl methyl sites for hydroxylation is 1. The average Bonchev–Trinajstić information content (AvgIpc) is 2.28. The van der Waals surface area contributed by atoms with E-state index < -0.39 is 17.9 Å². The number of hydrogen-bond donors (Lipinski definition) is 2. The monoisotopic (exact) mass is 239 g/mol. The largest absolute Gasteiger partial charge is 0.480 e. The molecule has 0 unspecified atom stereocenters. The van der Waals surface area contributed by atoms with Crippen molar-refractivity contribution >= 4 is 11.9 Å². The Kier molecular flexibility index (Phi) is 3.97. The maximum Gasteiger partial charge on any atom is 0.326 e. The maximum absolute atomic E-state index is 11.6. The molecule has 1 rings (SSSR count). The average molecular weight is 239 g/mol. The van der Waals surface area contributed by atoms with Crippen LogP contribution in [0.3, 0.4) is 0 Å². The van der Waals surface area contributed by atoms with Crippen LogP contribution in [0.2, 0.25) is 0 Å². The van der Waals surface area contributed by atoms with Gasteiger partial charge in [0, 0.05) is 13.1 Å². The summed E-state index contributed by atoms with van der Waals surface area (Å²) >= 11 is 0. The molecule has 1 amide bonds. The molecular formula is C10H13N3O4. The minimum Gasteiger partial charge on any atom is -0.480 e. The summed E-state index contributed by atoms with van der Waals surface area (Å²) in [7, 11) is 1.41. The van der Waals surface area contributed by atoms with E-state index in [1.54, 1.807) is 6.92 Å². The number of carboxylic acid groups (broad SMARTS) is 1. The molecule has 1 aromatic heterocycles. The second kappa shape index (κ2) is 5.24. The maximum atomic E-state index is 11.6. The molecule has 0 spiro atoms. The van der Waals surface area contributed by atoms with Gasteiger partial charge in [0.2, 0.25) is 0 Å². The third-order valence-electron chi connectivity index (χ3n) is 2.20. The number of nitrogens with one attached hydrogen (secondary N) is 1. The van der Waals surface area contributed by atoms with E-state index in [2.05, 4.69) is 10.4 Å². The summed E-state index contributed by atoms with van der Waals surface area (Å²) in [5.74, 6) is -1.72. The standard InChI is InChI=1S/C10H13N3O4/c1-3-6(10(16)17)11-9(15)7-4-5-8(14)13(2)12-7/h4-6H,3H2,1-2H3,(H,11,15)(H,16,17)/t6-/m1/s1. The summed E-state index contributed by atoms with van der Waals surface area (Å²) in [6.45, 7) is 1.65. The van der Waals surface area contributed by atoms with Gasteiger partial charge in [0.15, 0.2) is 0 Å². The zero-order valence-electron chi connectivity index (χ0n) is 9.51. The van der Waals surface area contributed by atoms with Crippen molar-refractivity contribution < 1.29 is 14.7 Å². The second-order valence-electron chi connectivity index (χ2n) is 3.45. The predicted molar refractivity (Wildman–Crippen MR) is 58.7 cm³/mol. The van der Waals surface area contributed by atoms with Gasteiger partial charge in [0.1, 0.15) is 11.7 Å². The number of carboxylic acids is 1. The van der Waals surface area contributed by atoms with Crippen LogP contribution in [-0.2, 0) is 11.8 Å². The number of rotatable bonds is 4. The van der Waals surface area contributed by atoms with Gasteiger partial charge in [-0.1, -0.05) is 6.92 Å². The van der Waals surface area contributed by atoms with Crippen LogP contribution in [0.1, 0.15) is 23.8 Å². The molecule has 0 saturated carbocycles. The Morgan fingerprint density at radius 2 is 2.18 bits per heavy atom. The summed E-state index contributed by atoms with van der Waals surface area (Å²) in [6.07, 6.45) is 0.271. The number of carbonyl (C=O) groups excluding carboxylic acids is 1. The number of aliphatic carboxylic acids is 1. The molecule has 2 N–H and O–H groups in total. The van der Waals surface area contributed by atoms with Crippen molar-refractivity contribution in [2.45, 2.75) is 19.4 Å². The van der Waals surface area contributed by atoms with E-state index >= 15 is 0 Å². The van der Waals surface area contributed by atoms with E-state index in [9.17, 15) is 14.4 Å². The lowest BCUT2D eigenvalue weighted by molar-refractivity contribution is -0.139. The highest BCUT2D eigenvalue weighted by Crippen LogP contribution is 1.95. The molecule has 92 valence electrons. The van der Waals surface area contributed by atoms with Crippen LogP contribution in [-0.4, -0.2) is 32.8 Å². The number of aromatic nitrogens is 2. The first-order chi connectivity index (χ1) is 7.95. The lowest BCUT2D eigenvalue weighted by atomic mass is 10.2. The van der Waals surface area contributed by atoms with Crippen LogP contribution in [0.15, 0.2) is 16.9 Å². The predicted octanol–water partition coefficient (Wildman–Crippen LogP) is -0.627. The van der Waals surface area contributed by atoms with E-state index in [1.807, 2.05) is 0 Å². The van der Waals surface area contributed by atoms with Gasteiger partial charge in [-0.05, 0) is 12.5 Å². The topological polar surface area (TPSA) is 101 Å². The minimum atomic E-state index is -1.11. The van der Waals surface area contributed by atoms with Crippen molar-refractivity contribution in [2.75, 3.05) is 0 Å². The van der Waals surface area contributed by atoms with Crippen molar-refractivity contribution in [1.29, 1.82) is 0 Å². The molecule has 0 aliphatic heterocycles. The van der Waals surface area contributed by atoms with Crippen molar-refractivity contribution in [1.82, 2.24) is 15.1 Å². The third kappa shape index (κ3) is 3.13. The number of carbonyl (C=O) groups is 2. The summed E-state index contributed by atoms with van der Waals surface area (Å²) < 4.78 is 1.01. The molecule has 7 heteroatoms. The molecule has 1 atom stereocenters. The Morgan fingerprint density at radius 1 is 1.53 bits per heavy atom. The molecule has 0 bridgehead atoms. The zero-order chi connectivity index (χ0) is 13.0. The second-order valence-corrected chi connectivity index (χ2v) is 3.45. The SMILES string of the molecule is CC[C@@H](NC(=O)c1ccc(=O)n(C)n1)C(=O)O. The van der Waals surface area contributed by atoms with Gasteiger partial charge in [0.25, 0.3) is 11.5 Å². The Balaban J connectivity index is 2.86. The Labute approximate surface area is 97.1 Å². The molecule has 0 radical (unpaired) electrons. The van der Waals surface area contributed by atoms with Gasteiger partial charge in [0.05, 0.1) is 0 Å². The van der Waals surface area contributed by atoms with E-state index in [4.69, 9.17) is 5.11 Å². The molecule has 0 aliphatic carbocycles. The normalized spacial score (nSPS) is 11.9. The number of hydrogen-bond acceptors (Lipinski definition) is 4. The summed E-state index contributed by atoms with van der Waals surface area (Å²) in [6, 6.07) is 1.50. The van der Waals surface area contributed by atoms with Crippen LogP contribution in [0.5, 0.6) is 0 Å². The van der Waals surface area contributed by atoms with Crippen molar-refractivity contribution in [3.63, 3.8) is 0 Å². The molecule has 17 heavy (non-hydrogen) atoms. The van der Waals surface area contributed by atoms with Crippen molar-refractivity contribution in [3.8, 4) is 0 Å². The van der Waals surface area contributed by atoms with E-state index in [0.29, 0.717) is 0 Å². The van der Waals surface area contributed by atoms with Gasteiger partial charge in [-0.3, -0.25) is 9.59 Å². The smallest absolute Gasteiger partial charge is 0.326 e. The Morgan fingerprint density at radius 3 is 2.65 bits per heavy atom. The van der Waals surface area contributed by atoms with Crippen LogP contribution in [0.25, 0.3) is 0 Å². The lowest BCUT2D eigenvalue weighted by Crippen LogP contribution is -2.41. The Bertz CT molecular complexity index is 495. The van der Waals surface area contributed by atoms with E-state index in [1.165, 1.54) is 19.2 Å². The molecule has 0 aromatic carbocycles. The number of amides is 1. The van der Waals surface area contributed by atoms with Crippen LogP contribution < -0.4 is 10.9 Å². The van der Waals surface area contributed by atoms with Crippen LogP contribution in [0, 0.1) is 0 Å². The summed E-state index contributed by atoms with van der Waals surface area (Å²) in [5.41, 5.74) is -0.335. The lowest BCUT2D eigenvalue weighted by Gasteiger charge is -2.11. The fraction of sp³-hybridized carbons (Fsp3) is 0.400. The molecule has 7 nitrogen and oxygen atoms in total. The first-order valence-corrected chi connectivity index (χ1v) is 5.03. The van der Waals surface area contributed by atoms with E-state index in [-0.39, 0.29) is 17.7 Å². The zero-order valence-corrected chi connectivity index (χ0v) is 9.51. The Hall–Kier alpha value is -2.18.